The number of rotatable bonds is 2. The molecule has 0 bridgehead atoms. The highest BCUT2D eigenvalue weighted by molar-refractivity contribution is 5.08. The SMILES string of the molecule is C[C@]12CC[C@H]3[C@@H](CCC4CCCC[C@@]43C)[C@@H]1CC[C@@H]2CCC#N. The van der Waals surface area contributed by atoms with Crippen molar-refractivity contribution in [3.63, 3.8) is 0 Å². The first-order valence-corrected chi connectivity index (χ1v) is 10.5. The van der Waals surface area contributed by atoms with Crippen molar-refractivity contribution in [3.8, 4) is 6.07 Å². The van der Waals surface area contributed by atoms with Gasteiger partial charge >= 0.3 is 0 Å². The summed E-state index contributed by atoms with van der Waals surface area (Å²) in [4.78, 5) is 0. The van der Waals surface area contributed by atoms with Gasteiger partial charge in [-0.1, -0.05) is 26.7 Å². The maximum Gasteiger partial charge on any atom is 0.0621 e. The Morgan fingerprint density at radius 2 is 1.70 bits per heavy atom. The van der Waals surface area contributed by atoms with Gasteiger partial charge in [0.1, 0.15) is 0 Å². The van der Waals surface area contributed by atoms with Gasteiger partial charge < -0.3 is 0 Å². The molecule has 128 valence electrons. The quantitative estimate of drug-likeness (QED) is 0.583. The van der Waals surface area contributed by atoms with Crippen LogP contribution in [0.1, 0.15) is 90.9 Å². The lowest BCUT2D eigenvalue weighted by Crippen LogP contribution is -2.52. The van der Waals surface area contributed by atoms with Gasteiger partial charge in [-0.25, -0.2) is 0 Å². The predicted octanol–water partition coefficient (Wildman–Crippen LogP) is 6.34. The summed E-state index contributed by atoms with van der Waals surface area (Å²) in [7, 11) is 0. The number of hydrogen-bond donors (Lipinski definition) is 0. The lowest BCUT2D eigenvalue weighted by molar-refractivity contribution is -0.111. The van der Waals surface area contributed by atoms with Gasteiger partial charge in [0.15, 0.2) is 0 Å². The van der Waals surface area contributed by atoms with E-state index < -0.39 is 0 Å². The van der Waals surface area contributed by atoms with Crippen LogP contribution in [0.25, 0.3) is 0 Å². The van der Waals surface area contributed by atoms with E-state index in [1.54, 1.807) is 0 Å². The molecule has 0 spiro atoms. The number of hydrogen-bond acceptors (Lipinski definition) is 1. The third-order valence-corrected chi connectivity index (χ3v) is 9.38. The van der Waals surface area contributed by atoms with Crippen LogP contribution in [0.2, 0.25) is 0 Å². The van der Waals surface area contributed by atoms with E-state index in [0.29, 0.717) is 10.8 Å². The first-order valence-electron chi connectivity index (χ1n) is 10.5. The average Bonchev–Trinajstić information content (AvgIpc) is 2.89. The van der Waals surface area contributed by atoms with E-state index in [1.807, 2.05) is 0 Å². The van der Waals surface area contributed by atoms with Crippen LogP contribution in [0, 0.1) is 51.8 Å². The van der Waals surface area contributed by atoms with E-state index >= 15 is 0 Å². The standard InChI is InChI=1S/C22H35N/c1-21-13-4-3-6-16(21)8-10-18-19-11-9-17(7-5-15-23)22(19,2)14-12-20(18)21/h16-20H,3-14H2,1-2H3/t16?,17-,18-,19-,20-,21-,22+/m0/s1. The van der Waals surface area contributed by atoms with Crippen molar-refractivity contribution in [2.24, 2.45) is 40.4 Å². The molecule has 0 radical (unpaired) electrons. The van der Waals surface area contributed by atoms with Gasteiger partial charge in [0.2, 0.25) is 0 Å². The molecule has 1 unspecified atom stereocenters. The highest BCUT2D eigenvalue weighted by Gasteiger charge is 2.59. The van der Waals surface area contributed by atoms with Crippen LogP contribution in [0.5, 0.6) is 0 Å². The third kappa shape index (κ3) is 2.31. The van der Waals surface area contributed by atoms with Crippen molar-refractivity contribution in [1.82, 2.24) is 0 Å². The summed E-state index contributed by atoms with van der Waals surface area (Å²) in [5.41, 5.74) is 1.24. The maximum atomic E-state index is 9.01. The maximum absolute atomic E-state index is 9.01. The molecular formula is C22H35N. The van der Waals surface area contributed by atoms with Crippen molar-refractivity contribution in [2.45, 2.75) is 90.9 Å². The molecule has 0 amide bonds. The van der Waals surface area contributed by atoms with Crippen molar-refractivity contribution < 1.29 is 0 Å². The van der Waals surface area contributed by atoms with Crippen molar-refractivity contribution in [3.05, 3.63) is 0 Å². The van der Waals surface area contributed by atoms with E-state index in [4.69, 9.17) is 5.26 Å². The van der Waals surface area contributed by atoms with E-state index in [-0.39, 0.29) is 0 Å². The van der Waals surface area contributed by atoms with Crippen LogP contribution < -0.4 is 0 Å². The normalized spacial score (nSPS) is 52.1. The summed E-state index contributed by atoms with van der Waals surface area (Å²) < 4.78 is 0. The molecule has 4 aliphatic carbocycles. The molecule has 0 heterocycles. The topological polar surface area (TPSA) is 23.8 Å². The van der Waals surface area contributed by atoms with Crippen LogP contribution in [0.4, 0.5) is 0 Å². The van der Waals surface area contributed by atoms with Crippen LogP contribution >= 0.6 is 0 Å². The largest absolute Gasteiger partial charge is 0.198 e. The molecule has 0 aromatic rings. The van der Waals surface area contributed by atoms with Gasteiger partial charge in [-0.15, -0.1) is 0 Å². The molecule has 1 nitrogen and oxygen atoms in total. The number of nitriles is 1. The molecule has 0 aromatic heterocycles. The lowest BCUT2D eigenvalue weighted by Gasteiger charge is -2.60. The zero-order valence-corrected chi connectivity index (χ0v) is 15.3. The van der Waals surface area contributed by atoms with Crippen molar-refractivity contribution in [1.29, 1.82) is 5.26 Å². The zero-order chi connectivity index (χ0) is 16.1. The van der Waals surface area contributed by atoms with Gasteiger partial charge in [0, 0.05) is 6.42 Å². The molecule has 1 heteroatoms. The van der Waals surface area contributed by atoms with Gasteiger partial charge in [-0.2, -0.15) is 5.26 Å². The molecule has 4 saturated carbocycles. The number of nitrogens with zero attached hydrogens (tertiary/aromatic N) is 1. The minimum Gasteiger partial charge on any atom is -0.198 e. The van der Waals surface area contributed by atoms with Crippen LogP contribution in [0.15, 0.2) is 0 Å². The molecule has 0 N–H and O–H groups in total. The smallest absolute Gasteiger partial charge is 0.0621 e. The van der Waals surface area contributed by atoms with Gasteiger partial charge in [0.25, 0.3) is 0 Å². The predicted molar refractivity (Wildman–Crippen MR) is 94.7 cm³/mol. The van der Waals surface area contributed by atoms with E-state index in [9.17, 15) is 0 Å². The Labute approximate surface area is 143 Å². The summed E-state index contributed by atoms with van der Waals surface area (Å²) in [6.07, 6.45) is 16.8. The number of fused-ring (bicyclic) bond motifs is 5. The summed E-state index contributed by atoms with van der Waals surface area (Å²) in [5, 5.41) is 9.01. The summed E-state index contributed by atoms with van der Waals surface area (Å²) >= 11 is 0. The summed E-state index contributed by atoms with van der Waals surface area (Å²) in [6, 6.07) is 2.41. The Morgan fingerprint density at radius 1 is 0.870 bits per heavy atom. The van der Waals surface area contributed by atoms with E-state index in [2.05, 4.69) is 19.9 Å². The average molecular weight is 314 g/mol. The third-order valence-electron chi connectivity index (χ3n) is 9.38. The molecule has 4 fully saturated rings. The highest BCUT2D eigenvalue weighted by atomic mass is 14.6. The Kier molecular flexibility index (Phi) is 4.02. The van der Waals surface area contributed by atoms with Crippen molar-refractivity contribution in [2.75, 3.05) is 0 Å². The molecule has 0 aliphatic heterocycles. The first kappa shape index (κ1) is 16.0. The minimum atomic E-state index is 0.565. The molecule has 0 aromatic carbocycles. The van der Waals surface area contributed by atoms with E-state index in [1.165, 1.54) is 70.6 Å². The van der Waals surface area contributed by atoms with Gasteiger partial charge in [0.05, 0.1) is 6.07 Å². The van der Waals surface area contributed by atoms with Crippen LogP contribution in [-0.2, 0) is 0 Å². The molecule has 4 rings (SSSR count). The second-order valence-corrected chi connectivity index (χ2v) is 9.92. The lowest BCUT2D eigenvalue weighted by atomic mass is 9.45. The zero-order valence-electron chi connectivity index (χ0n) is 15.3. The van der Waals surface area contributed by atoms with Crippen LogP contribution in [0.3, 0.4) is 0 Å². The summed E-state index contributed by atoms with van der Waals surface area (Å²) in [6.45, 7) is 5.29. The second kappa shape index (κ2) is 5.79. The summed E-state index contributed by atoms with van der Waals surface area (Å²) in [5.74, 6) is 4.89. The highest BCUT2D eigenvalue weighted by Crippen LogP contribution is 2.67. The van der Waals surface area contributed by atoms with Crippen molar-refractivity contribution >= 4 is 0 Å². The fourth-order valence-electron chi connectivity index (χ4n) is 8.12. The molecule has 4 aliphatic rings. The molecule has 0 saturated heterocycles. The monoisotopic (exact) mass is 313 g/mol. The van der Waals surface area contributed by atoms with Crippen LogP contribution in [-0.4, -0.2) is 0 Å². The minimum absolute atomic E-state index is 0.565. The fourth-order valence-corrected chi connectivity index (χ4v) is 8.12. The van der Waals surface area contributed by atoms with Gasteiger partial charge in [-0.3, -0.25) is 0 Å². The Bertz CT molecular complexity index is 491. The Morgan fingerprint density at radius 3 is 2.52 bits per heavy atom. The van der Waals surface area contributed by atoms with E-state index in [0.717, 1.165) is 36.0 Å². The van der Waals surface area contributed by atoms with Gasteiger partial charge in [-0.05, 0) is 98.2 Å². The molecule has 7 atom stereocenters. The first-order chi connectivity index (χ1) is 11.1. The Balaban J connectivity index is 1.57. The Hall–Kier alpha value is -0.510. The fraction of sp³-hybridized carbons (Fsp3) is 0.955. The molecular weight excluding hydrogens is 278 g/mol. The second-order valence-electron chi connectivity index (χ2n) is 9.92. The molecule has 23 heavy (non-hydrogen) atoms.